The highest BCUT2D eigenvalue weighted by Gasteiger charge is 2.42. The molecule has 0 aliphatic carbocycles. The molecule has 0 rings (SSSR count). The number of carbonyl (C=O) groups is 1. The summed E-state index contributed by atoms with van der Waals surface area (Å²) in [4.78, 5) is 10.0. The summed E-state index contributed by atoms with van der Waals surface area (Å²) in [6.07, 6.45) is -0.281. The molecule has 5 heteroatoms. The summed E-state index contributed by atoms with van der Waals surface area (Å²) in [6, 6.07) is 0. The van der Waals surface area contributed by atoms with E-state index in [4.69, 9.17) is 16.7 Å². The number of hydrogen-bond acceptors (Lipinski definition) is 1. The maximum Gasteiger partial charge on any atom is 0.327 e. The van der Waals surface area contributed by atoms with Crippen LogP contribution in [0.4, 0.5) is 8.78 Å². The van der Waals surface area contributed by atoms with E-state index in [2.05, 4.69) is 0 Å². The molecule has 1 N–H and O–H groups in total. The van der Waals surface area contributed by atoms with Crippen molar-refractivity contribution in [3.05, 3.63) is 0 Å². The van der Waals surface area contributed by atoms with Crippen molar-refractivity contribution in [2.24, 2.45) is 0 Å². The van der Waals surface area contributed by atoms with Crippen molar-refractivity contribution < 1.29 is 18.7 Å². The van der Waals surface area contributed by atoms with Gasteiger partial charge < -0.3 is 5.11 Å². The second-order valence-corrected chi connectivity index (χ2v) is 2.65. The molecule has 0 aliphatic rings. The molecule has 11 heavy (non-hydrogen) atoms. The van der Waals surface area contributed by atoms with Gasteiger partial charge in [-0.3, -0.25) is 4.79 Å². The van der Waals surface area contributed by atoms with Crippen molar-refractivity contribution in [2.75, 3.05) is 0 Å². The average Bonchev–Trinajstić information content (AvgIpc) is 1.86. The van der Waals surface area contributed by atoms with E-state index < -0.39 is 23.7 Å². The van der Waals surface area contributed by atoms with Crippen LogP contribution in [0.3, 0.4) is 0 Å². The molecule has 0 saturated carbocycles. The number of halogens is 3. The molecular formula is C6H9ClF2O2. The number of alkyl halides is 3. The molecule has 0 heterocycles. The first-order valence-corrected chi connectivity index (χ1v) is 3.60. The molecule has 0 bridgehead atoms. The minimum atomic E-state index is -3.30. The van der Waals surface area contributed by atoms with Gasteiger partial charge in [0.1, 0.15) is 0 Å². The molecule has 66 valence electrons. The standard InChI is InChI=1S/C6H9ClF2O2/c1-2-3-6(8,9)4(7)5(10)11/h4H,2-3H2,1H3,(H,10,11). The Bertz CT molecular complexity index is 150. The Morgan fingerprint density at radius 1 is 1.73 bits per heavy atom. The van der Waals surface area contributed by atoms with Gasteiger partial charge >= 0.3 is 5.97 Å². The van der Waals surface area contributed by atoms with Gasteiger partial charge in [0.15, 0.2) is 5.38 Å². The van der Waals surface area contributed by atoms with E-state index in [0.717, 1.165) is 0 Å². The first kappa shape index (κ1) is 10.6. The zero-order valence-electron chi connectivity index (χ0n) is 5.98. The fourth-order valence-electron chi connectivity index (χ4n) is 0.641. The summed E-state index contributed by atoms with van der Waals surface area (Å²) in [6.45, 7) is 1.54. The Hall–Kier alpha value is -0.380. The highest BCUT2D eigenvalue weighted by molar-refractivity contribution is 6.30. The zero-order valence-corrected chi connectivity index (χ0v) is 6.74. The van der Waals surface area contributed by atoms with Crippen molar-refractivity contribution in [2.45, 2.75) is 31.1 Å². The van der Waals surface area contributed by atoms with Crippen LogP contribution in [0.1, 0.15) is 19.8 Å². The van der Waals surface area contributed by atoms with E-state index in [-0.39, 0.29) is 6.42 Å². The summed E-state index contributed by atoms with van der Waals surface area (Å²) in [5.74, 6) is -4.98. The van der Waals surface area contributed by atoms with Crippen LogP contribution in [0.2, 0.25) is 0 Å². The minimum Gasteiger partial charge on any atom is -0.480 e. The summed E-state index contributed by atoms with van der Waals surface area (Å²) < 4.78 is 25.1. The van der Waals surface area contributed by atoms with Gasteiger partial charge in [-0.1, -0.05) is 13.3 Å². The molecular weight excluding hydrogens is 178 g/mol. The Morgan fingerprint density at radius 2 is 2.18 bits per heavy atom. The van der Waals surface area contributed by atoms with Gasteiger partial charge in [-0.2, -0.15) is 0 Å². The third kappa shape index (κ3) is 3.01. The predicted octanol–water partition coefficient (Wildman–Crippen LogP) is 2.11. The van der Waals surface area contributed by atoms with Gasteiger partial charge in [-0.25, -0.2) is 8.78 Å². The molecule has 2 nitrogen and oxygen atoms in total. The van der Waals surface area contributed by atoms with E-state index in [1.165, 1.54) is 0 Å². The Balaban J connectivity index is 4.16. The van der Waals surface area contributed by atoms with Crippen LogP contribution < -0.4 is 0 Å². The largest absolute Gasteiger partial charge is 0.480 e. The van der Waals surface area contributed by atoms with Gasteiger partial charge in [-0.15, -0.1) is 11.6 Å². The quantitative estimate of drug-likeness (QED) is 0.683. The highest BCUT2D eigenvalue weighted by atomic mass is 35.5. The SMILES string of the molecule is CCCC(F)(F)C(Cl)C(=O)O. The van der Waals surface area contributed by atoms with Crippen LogP contribution >= 0.6 is 11.6 Å². The molecule has 0 aliphatic heterocycles. The average molecular weight is 187 g/mol. The summed E-state index contributed by atoms with van der Waals surface area (Å²) >= 11 is 4.94. The first-order chi connectivity index (χ1) is 4.91. The van der Waals surface area contributed by atoms with Gasteiger partial charge in [-0.05, 0) is 0 Å². The lowest BCUT2D eigenvalue weighted by Crippen LogP contribution is -2.35. The maximum atomic E-state index is 12.6. The van der Waals surface area contributed by atoms with E-state index in [9.17, 15) is 13.6 Å². The van der Waals surface area contributed by atoms with Gasteiger partial charge in [0.25, 0.3) is 5.92 Å². The number of carboxylic acid groups (broad SMARTS) is 1. The van der Waals surface area contributed by atoms with Crippen molar-refractivity contribution in [1.29, 1.82) is 0 Å². The second-order valence-electron chi connectivity index (χ2n) is 2.21. The molecule has 0 aromatic carbocycles. The molecule has 0 aromatic heterocycles. The zero-order chi connectivity index (χ0) is 9.07. The number of rotatable bonds is 4. The van der Waals surface area contributed by atoms with Crippen LogP contribution in [0.25, 0.3) is 0 Å². The molecule has 0 spiro atoms. The van der Waals surface area contributed by atoms with Gasteiger partial charge in [0, 0.05) is 6.42 Å². The lowest BCUT2D eigenvalue weighted by atomic mass is 10.1. The summed E-state index contributed by atoms with van der Waals surface area (Å²) in [5, 5.41) is 6.02. The van der Waals surface area contributed by atoms with E-state index in [0.29, 0.717) is 0 Å². The molecule has 0 fully saturated rings. The van der Waals surface area contributed by atoms with E-state index in [1.807, 2.05) is 0 Å². The molecule has 1 unspecified atom stereocenters. The Kier molecular flexibility index (Phi) is 3.72. The third-order valence-corrected chi connectivity index (χ3v) is 1.68. The molecule has 0 saturated heterocycles. The van der Waals surface area contributed by atoms with Crippen LogP contribution in [0, 0.1) is 0 Å². The minimum absolute atomic E-state index is 0.212. The number of hydrogen-bond donors (Lipinski definition) is 1. The number of aliphatic carboxylic acids is 1. The fraction of sp³-hybridized carbons (Fsp3) is 0.833. The molecule has 0 aromatic rings. The number of carboxylic acids is 1. The summed E-state index contributed by atoms with van der Waals surface area (Å²) in [7, 11) is 0. The second kappa shape index (κ2) is 3.85. The maximum absolute atomic E-state index is 12.6. The smallest absolute Gasteiger partial charge is 0.327 e. The van der Waals surface area contributed by atoms with E-state index >= 15 is 0 Å². The first-order valence-electron chi connectivity index (χ1n) is 3.16. The van der Waals surface area contributed by atoms with Crippen LogP contribution in [0.15, 0.2) is 0 Å². The van der Waals surface area contributed by atoms with Crippen LogP contribution in [-0.4, -0.2) is 22.4 Å². The molecule has 0 radical (unpaired) electrons. The lowest BCUT2D eigenvalue weighted by Gasteiger charge is -2.17. The lowest BCUT2D eigenvalue weighted by molar-refractivity contribution is -0.144. The van der Waals surface area contributed by atoms with E-state index in [1.54, 1.807) is 6.92 Å². The van der Waals surface area contributed by atoms with Crippen molar-refractivity contribution in [1.82, 2.24) is 0 Å². The highest BCUT2D eigenvalue weighted by Crippen LogP contribution is 2.28. The molecule has 1 atom stereocenters. The normalized spacial score (nSPS) is 14.5. The van der Waals surface area contributed by atoms with Crippen LogP contribution in [-0.2, 0) is 4.79 Å². The third-order valence-electron chi connectivity index (χ3n) is 1.17. The van der Waals surface area contributed by atoms with Crippen LogP contribution in [0.5, 0.6) is 0 Å². The van der Waals surface area contributed by atoms with Crippen molar-refractivity contribution in [3.63, 3.8) is 0 Å². The molecule has 0 amide bonds. The van der Waals surface area contributed by atoms with Crippen molar-refractivity contribution >= 4 is 17.6 Å². The Labute approximate surface area is 68.2 Å². The predicted molar refractivity (Wildman–Crippen MR) is 37.1 cm³/mol. The van der Waals surface area contributed by atoms with Gasteiger partial charge in [0.05, 0.1) is 0 Å². The topological polar surface area (TPSA) is 37.3 Å². The summed E-state index contributed by atoms with van der Waals surface area (Å²) in [5.41, 5.74) is 0. The van der Waals surface area contributed by atoms with Gasteiger partial charge in [0.2, 0.25) is 0 Å². The fourth-order valence-corrected chi connectivity index (χ4v) is 0.750. The Morgan fingerprint density at radius 3 is 2.45 bits per heavy atom. The monoisotopic (exact) mass is 186 g/mol. The van der Waals surface area contributed by atoms with Crippen molar-refractivity contribution in [3.8, 4) is 0 Å².